The van der Waals surface area contributed by atoms with Crippen molar-refractivity contribution in [3.8, 4) is 0 Å². The number of ether oxygens (including phenoxy) is 1. The predicted octanol–water partition coefficient (Wildman–Crippen LogP) is 2.19. The predicted molar refractivity (Wildman–Crippen MR) is 131 cm³/mol. The molecule has 0 saturated carbocycles. The molecule has 5 rings (SSSR count). The molecule has 0 radical (unpaired) electrons. The molecule has 3 aromatic rings. The molecule has 0 aliphatic carbocycles. The van der Waals surface area contributed by atoms with Gasteiger partial charge in [-0.05, 0) is 44.0 Å². The topological polar surface area (TPSA) is 112 Å². The summed E-state index contributed by atoms with van der Waals surface area (Å²) < 4.78 is 21.6. The standard InChI is InChI=1S/C25H29FN6O4/c1-15-10-27-22-18(11-28-32(22)12-15)23(33)29-19-8-16-13-31(14-21(26)25(2,3)35)24(34)17(16)9-20(19)30-4-6-36-7-5-30/h8-12,21,35H,4-7,13-14H2,1-3H3,(H,29,33). The molecule has 0 bridgehead atoms. The molecule has 2 amide bonds. The number of nitrogens with zero attached hydrogens (tertiary/aromatic N) is 5. The summed E-state index contributed by atoms with van der Waals surface area (Å²) in [7, 11) is 0. The van der Waals surface area contributed by atoms with E-state index < -0.39 is 11.8 Å². The molecule has 11 heteroatoms. The Morgan fingerprint density at radius 2 is 2.03 bits per heavy atom. The van der Waals surface area contributed by atoms with Crippen molar-refractivity contribution in [2.45, 2.75) is 39.1 Å². The molecule has 2 aliphatic heterocycles. The molecule has 2 N–H and O–H groups in total. The fourth-order valence-corrected chi connectivity index (χ4v) is 4.46. The smallest absolute Gasteiger partial charge is 0.261 e. The first-order valence-electron chi connectivity index (χ1n) is 11.9. The number of hydrogen-bond acceptors (Lipinski definition) is 7. The third-order valence-corrected chi connectivity index (χ3v) is 6.58. The molecule has 190 valence electrons. The lowest BCUT2D eigenvalue weighted by Gasteiger charge is -2.31. The van der Waals surface area contributed by atoms with Crippen molar-refractivity contribution in [1.82, 2.24) is 19.5 Å². The minimum Gasteiger partial charge on any atom is -0.387 e. The Morgan fingerprint density at radius 3 is 2.75 bits per heavy atom. The van der Waals surface area contributed by atoms with Crippen LogP contribution in [0.1, 0.15) is 45.7 Å². The minimum absolute atomic E-state index is 0.189. The second-order valence-corrected chi connectivity index (χ2v) is 9.84. The summed E-state index contributed by atoms with van der Waals surface area (Å²) in [6.07, 6.45) is 3.34. The molecule has 10 nitrogen and oxygen atoms in total. The largest absolute Gasteiger partial charge is 0.387 e. The number of aromatic nitrogens is 3. The second kappa shape index (κ2) is 9.14. The summed E-state index contributed by atoms with van der Waals surface area (Å²) in [4.78, 5) is 34.2. The zero-order valence-electron chi connectivity index (χ0n) is 20.5. The quantitative estimate of drug-likeness (QED) is 0.538. The Kier molecular flexibility index (Phi) is 6.13. The SMILES string of the molecule is Cc1cnc2c(C(=O)Nc3cc4c(cc3N3CCOCC3)C(=O)N(CC(F)C(C)(C)O)C4)cnn2c1. The van der Waals surface area contributed by atoms with Gasteiger partial charge in [0.15, 0.2) is 5.65 Å². The van der Waals surface area contributed by atoms with Crippen molar-refractivity contribution in [3.05, 3.63) is 53.0 Å². The zero-order chi connectivity index (χ0) is 25.6. The first kappa shape index (κ1) is 24.1. The molecule has 2 aliphatic rings. The van der Waals surface area contributed by atoms with Crippen molar-refractivity contribution in [3.63, 3.8) is 0 Å². The number of rotatable bonds is 6. The number of aryl methyl sites for hydroxylation is 1. The van der Waals surface area contributed by atoms with Gasteiger partial charge in [0.2, 0.25) is 0 Å². The maximum atomic E-state index is 14.6. The molecule has 1 atom stereocenters. The Balaban J connectivity index is 1.47. The number of amides is 2. The van der Waals surface area contributed by atoms with Gasteiger partial charge in [-0.1, -0.05) is 0 Å². The van der Waals surface area contributed by atoms with E-state index in [-0.39, 0.29) is 24.9 Å². The molecule has 1 saturated heterocycles. The molecule has 1 fully saturated rings. The van der Waals surface area contributed by atoms with Crippen molar-refractivity contribution in [2.24, 2.45) is 0 Å². The van der Waals surface area contributed by atoms with Gasteiger partial charge in [0.05, 0.1) is 42.9 Å². The van der Waals surface area contributed by atoms with Crippen LogP contribution in [0.15, 0.2) is 30.7 Å². The highest BCUT2D eigenvalue weighted by Gasteiger charge is 2.35. The van der Waals surface area contributed by atoms with Crippen LogP contribution in [0.5, 0.6) is 0 Å². The maximum absolute atomic E-state index is 14.6. The van der Waals surface area contributed by atoms with Crippen LogP contribution < -0.4 is 10.2 Å². The lowest BCUT2D eigenvalue weighted by Crippen LogP contribution is -2.42. The van der Waals surface area contributed by atoms with Crippen molar-refractivity contribution in [1.29, 1.82) is 0 Å². The highest BCUT2D eigenvalue weighted by molar-refractivity contribution is 6.10. The summed E-state index contributed by atoms with van der Waals surface area (Å²) in [5, 5.41) is 17.2. The number of fused-ring (bicyclic) bond motifs is 2. The Hall–Kier alpha value is -3.57. The van der Waals surface area contributed by atoms with Crippen molar-refractivity contribution in [2.75, 3.05) is 43.1 Å². The zero-order valence-corrected chi connectivity index (χ0v) is 20.5. The number of morpholine rings is 1. The van der Waals surface area contributed by atoms with E-state index >= 15 is 0 Å². The van der Waals surface area contributed by atoms with Crippen LogP contribution >= 0.6 is 0 Å². The molecular weight excluding hydrogens is 467 g/mol. The van der Waals surface area contributed by atoms with Crippen LogP contribution in [0.3, 0.4) is 0 Å². The minimum atomic E-state index is -1.60. The van der Waals surface area contributed by atoms with E-state index in [9.17, 15) is 19.1 Å². The van der Waals surface area contributed by atoms with Gasteiger partial charge in [-0.3, -0.25) is 9.59 Å². The molecular formula is C25H29FN6O4. The summed E-state index contributed by atoms with van der Waals surface area (Å²) in [5.74, 6) is -0.672. The highest BCUT2D eigenvalue weighted by atomic mass is 19.1. The van der Waals surface area contributed by atoms with E-state index in [0.717, 1.165) is 5.56 Å². The van der Waals surface area contributed by atoms with E-state index in [1.165, 1.54) is 24.9 Å². The van der Waals surface area contributed by atoms with E-state index in [0.29, 0.717) is 60.0 Å². The summed E-state index contributed by atoms with van der Waals surface area (Å²) >= 11 is 0. The van der Waals surface area contributed by atoms with Crippen molar-refractivity contribution < 1.29 is 23.8 Å². The van der Waals surface area contributed by atoms with Crippen molar-refractivity contribution >= 4 is 28.8 Å². The van der Waals surface area contributed by atoms with E-state index in [1.807, 2.05) is 6.92 Å². The van der Waals surface area contributed by atoms with Crippen LogP contribution in [-0.4, -0.2) is 81.0 Å². The monoisotopic (exact) mass is 496 g/mol. The fourth-order valence-electron chi connectivity index (χ4n) is 4.46. The molecule has 2 aromatic heterocycles. The molecule has 1 aromatic carbocycles. The fraction of sp³-hybridized carbons (Fsp3) is 0.440. The normalized spacial score (nSPS) is 17.0. The Bertz CT molecular complexity index is 1330. The number of aliphatic hydroxyl groups is 1. The van der Waals surface area contributed by atoms with E-state index in [4.69, 9.17) is 4.74 Å². The number of anilines is 2. The maximum Gasteiger partial charge on any atom is 0.261 e. The van der Waals surface area contributed by atoms with Crippen LogP contribution in [0.25, 0.3) is 5.65 Å². The number of nitrogens with one attached hydrogen (secondary N) is 1. The van der Waals surface area contributed by atoms with Gasteiger partial charge in [0, 0.05) is 37.6 Å². The first-order chi connectivity index (χ1) is 17.1. The summed E-state index contributed by atoms with van der Waals surface area (Å²) in [6, 6.07) is 3.53. The van der Waals surface area contributed by atoms with Gasteiger partial charge in [-0.25, -0.2) is 13.9 Å². The average molecular weight is 497 g/mol. The lowest BCUT2D eigenvalue weighted by atomic mass is 10.0. The van der Waals surface area contributed by atoms with Gasteiger partial charge in [-0.2, -0.15) is 5.10 Å². The molecule has 1 unspecified atom stereocenters. The first-order valence-corrected chi connectivity index (χ1v) is 11.9. The third kappa shape index (κ3) is 4.51. The van der Waals surface area contributed by atoms with Crippen LogP contribution in [0, 0.1) is 6.92 Å². The molecule has 36 heavy (non-hydrogen) atoms. The third-order valence-electron chi connectivity index (χ3n) is 6.58. The number of halogens is 1. The Morgan fingerprint density at radius 1 is 1.28 bits per heavy atom. The van der Waals surface area contributed by atoms with Crippen LogP contribution in [-0.2, 0) is 11.3 Å². The average Bonchev–Trinajstić information content (AvgIpc) is 3.39. The van der Waals surface area contributed by atoms with Gasteiger partial charge in [-0.15, -0.1) is 0 Å². The lowest BCUT2D eigenvalue weighted by molar-refractivity contribution is -0.0159. The number of alkyl halides is 1. The molecule has 4 heterocycles. The van der Waals surface area contributed by atoms with Gasteiger partial charge in [0.1, 0.15) is 11.7 Å². The van der Waals surface area contributed by atoms with Gasteiger partial charge in [0.25, 0.3) is 11.8 Å². The summed E-state index contributed by atoms with van der Waals surface area (Å²) in [5.41, 5.74) is 2.50. The van der Waals surface area contributed by atoms with E-state index in [1.54, 1.807) is 29.0 Å². The number of hydrogen-bond donors (Lipinski definition) is 2. The van der Waals surface area contributed by atoms with E-state index in [2.05, 4.69) is 20.3 Å². The van der Waals surface area contributed by atoms with Crippen LogP contribution in [0.2, 0.25) is 0 Å². The molecule has 0 spiro atoms. The number of benzene rings is 1. The second-order valence-electron chi connectivity index (χ2n) is 9.84. The highest BCUT2D eigenvalue weighted by Crippen LogP contribution is 2.36. The number of carbonyl (C=O) groups excluding carboxylic acids is 2. The van der Waals surface area contributed by atoms with Gasteiger partial charge >= 0.3 is 0 Å². The van der Waals surface area contributed by atoms with Gasteiger partial charge < -0.3 is 25.0 Å². The Labute approximate surface area is 207 Å². The summed E-state index contributed by atoms with van der Waals surface area (Å²) in [6.45, 7) is 6.87. The number of carbonyl (C=O) groups is 2. The van der Waals surface area contributed by atoms with Crippen LogP contribution in [0.4, 0.5) is 15.8 Å².